The number of hydrogen-bond acceptors (Lipinski definition) is 5. The fourth-order valence-electron chi connectivity index (χ4n) is 3.12. The zero-order chi connectivity index (χ0) is 22.8. The second kappa shape index (κ2) is 8.89. The molecule has 0 spiro atoms. The van der Waals surface area contributed by atoms with Crippen LogP contribution in [-0.2, 0) is 4.57 Å². The lowest BCUT2D eigenvalue weighted by Crippen LogP contribution is -2.14. The number of benzene rings is 2. The van der Waals surface area contributed by atoms with E-state index in [0.29, 0.717) is 37.8 Å². The van der Waals surface area contributed by atoms with Gasteiger partial charge in [-0.05, 0) is 42.5 Å². The molecule has 3 aromatic rings. The van der Waals surface area contributed by atoms with E-state index in [4.69, 9.17) is 4.74 Å². The Morgan fingerprint density at radius 3 is 2.61 bits per heavy atom. The minimum atomic E-state index is -4.58. The summed E-state index contributed by atoms with van der Waals surface area (Å²) in [6.45, 7) is 0. The molecular weight excluding hydrogens is 485 g/mol. The number of rotatable bonds is 5. The van der Waals surface area contributed by atoms with Gasteiger partial charge in [0.05, 0.1) is 35.9 Å². The highest BCUT2D eigenvalue weighted by Crippen LogP contribution is 2.36. The Morgan fingerprint density at radius 1 is 1.26 bits per heavy atom. The van der Waals surface area contributed by atoms with E-state index < -0.39 is 19.7 Å². The molecular formula is C21H15BrN3O5P. The zero-order valence-corrected chi connectivity index (χ0v) is 18.6. The summed E-state index contributed by atoms with van der Waals surface area (Å²) in [7, 11) is -3.11. The van der Waals surface area contributed by atoms with Gasteiger partial charge < -0.3 is 14.5 Å². The molecule has 0 aliphatic carbocycles. The first-order valence-electron chi connectivity index (χ1n) is 8.75. The monoisotopic (exact) mass is 499 g/mol. The molecule has 0 amide bonds. The molecule has 156 valence electrons. The zero-order valence-electron chi connectivity index (χ0n) is 16.1. The van der Waals surface area contributed by atoms with Crippen molar-refractivity contribution >= 4 is 52.0 Å². The van der Waals surface area contributed by atoms with E-state index >= 15 is 0 Å². The summed E-state index contributed by atoms with van der Waals surface area (Å²) in [5.41, 5.74) is 1.85. The average Bonchev–Trinajstić information content (AvgIpc) is 3.09. The van der Waals surface area contributed by atoms with E-state index in [1.54, 1.807) is 36.4 Å². The standard InChI is InChI=1S/C21H15BrN3O5P/c1-30-20-5-2-13(9-23)6-14(20)7-15(10-24)18-11-25(21(26)12-31(27,28)29)19-4-3-16(22)8-17(18)19/h2-8,11H,12H2,1H3,(H2,27,28,29). The quantitative estimate of drug-likeness (QED) is 0.397. The van der Waals surface area contributed by atoms with Crippen molar-refractivity contribution in [1.29, 1.82) is 10.5 Å². The first kappa shape index (κ1) is 22.5. The predicted octanol–water partition coefficient (Wildman–Crippen LogP) is 4.17. The van der Waals surface area contributed by atoms with Crippen LogP contribution in [0.25, 0.3) is 22.6 Å². The number of fused-ring (bicyclic) bond motifs is 1. The van der Waals surface area contributed by atoms with Crippen molar-refractivity contribution in [1.82, 2.24) is 4.57 Å². The number of methoxy groups -OCH3 is 1. The van der Waals surface area contributed by atoms with Crippen LogP contribution in [0.3, 0.4) is 0 Å². The number of halogens is 1. The van der Waals surface area contributed by atoms with Crippen molar-refractivity contribution < 1.29 is 23.9 Å². The fourth-order valence-corrected chi connectivity index (χ4v) is 3.98. The highest BCUT2D eigenvalue weighted by Gasteiger charge is 2.23. The summed E-state index contributed by atoms with van der Waals surface area (Å²) in [5, 5.41) is 19.6. The number of ether oxygens (including phenoxy) is 1. The minimum absolute atomic E-state index is 0.180. The summed E-state index contributed by atoms with van der Waals surface area (Å²) in [6.07, 6.45) is 1.95. The first-order valence-corrected chi connectivity index (χ1v) is 11.3. The Balaban J connectivity index is 2.24. The molecule has 10 heteroatoms. The summed E-state index contributed by atoms with van der Waals surface area (Å²) >= 11 is 3.36. The second-order valence-electron chi connectivity index (χ2n) is 6.53. The van der Waals surface area contributed by atoms with E-state index in [9.17, 15) is 29.7 Å². The number of nitrogens with zero attached hydrogens (tertiary/aromatic N) is 3. The van der Waals surface area contributed by atoms with Crippen molar-refractivity contribution in [3.63, 3.8) is 0 Å². The van der Waals surface area contributed by atoms with Gasteiger partial charge in [-0.25, -0.2) is 0 Å². The third-order valence-corrected chi connectivity index (χ3v) is 5.62. The van der Waals surface area contributed by atoms with Gasteiger partial charge in [-0.3, -0.25) is 13.9 Å². The second-order valence-corrected chi connectivity index (χ2v) is 9.09. The molecule has 1 aromatic heterocycles. The van der Waals surface area contributed by atoms with Gasteiger partial charge in [0.2, 0.25) is 5.91 Å². The summed E-state index contributed by atoms with van der Waals surface area (Å²) in [4.78, 5) is 30.9. The maximum atomic E-state index is 12.5. The van der Waals surface area contributed by atoms with Crippen molar-refractivity contribution in [3.8, 4) is 17.9 Å². The predicted molar refractivity (Wildman–Crippen MR) is 118 cm³/mol. The van der Waals surface area contributed by atoms with Crippen molar-refractivity contribution in [2.75, 3.05) is 13.3 Å². The van der Waals surface area contributed by atoms with Gasteiger partial charge in [0.25, 0.3) is 0 Å². The van der Waals surface area contributed by atoms with E-state index in [0.717, 1.165) is 4.57 Å². The fraction of sp³-hybridized carbons (Fsp3) is 0.0952. The van der Waals surface area contributed by atoms with Crippen LogP contribution in [0, 0.1) is 22.7 Å². The molecule has 8 nitrogen and oxygen atoms in total. The molecule has 2 aromatic carbocycles. The Kier molecular flexibility index (Phi) is 6.45. The normalized spacial score (nSPS) is 11.7. The van der Waals surface area contributed by atoms with Crippen LogP contribution in [0.15, 0.2) is 47.1 Å². The molecule has 0 aliphatic heterocycles. The molecule has 3 rings (SSSR count). The lowest BCUT2D eigenvalue weighted by atomic mass is 10.0. The van der Waals surface area contributed by atoms with Gasteiger partial charge in [-0.2, -0.15) is 10.5 Å². The molecule has 0 atom stereocenters. The van der Waals surface area contributed by atoms with Crippen LogP contribution in [0.1, 0.15) is 21.5 Å². The molecule has 2 N–H and O–H groups in total. The third-order valence-electron chi connectivity index (χ3n) is 4.45. The van der Waals surface area contributed by atoms with Gasteiger partial charge in [-0.15, -0.1) is 0 Å². The third kappa shape index (κ3) is 4.93. The Labute approximate surface area is 185 Å². The molecule has 0 radical (unpaired) electrons. The van der Waals surface area contributed by atoms with Crippen molar-refractivity contribution in [2.45, 2.75) is 0 Å². The van der Waals surface area contributed by atoms with Crippen LogP contribution in [0.5, 0.6) is 5.75 Å². The number of aromatic nitrogens is 1. The van der Waals surface area contributed by atoms with Crippen LogP contribution in [0.2, 0.25) is 0 Å². The molecule has 0 bridgehead atoms. The smallest absolute Gasteiger partial charge is 0.334 e. The molecule has 0 fully saturated rings. The Morgan fingerprint density at radius 2 is 2.00 bits per heavy atom. The van der Waals surface area contributed by atoms with Gasteiger partial charge in [-0.1, -0.05) is 15.9 Å². The number of hydrogen-bond donors (Lipinski definition) is 2. The van der Waals surface area contributed by atoms with Crippen LogP contribution in [0.4, 0.5) is 0 Å². The summed E-state index contributed by atoms with van der Waals surface area (Å²) < 4.78 is 18.5. The SMILES string of the molecule is COc1ccc(C#N)cc1C=C(C#N)c1cn(C(=O)CP(=O)(O)O)c2ccc(Br)cc12. The van der Waals surface area contributed by atoms with E-state index in [-0.39, 0.29) is 5.57 Å². The number of carbonyl (C=O) groups excluding carboxylic acids is 1. The molecule has 31 heavy (non-hydrogen) atoms. The molecule has 0 saturated heterocycles. The van der Waals surface area contributed by atoms with E-state index in [1.165, 1.54) is 19.4 Å². The van der Waals surface area contributed by atoms with Crippen LogP contribution >= 0.6 is 23.5 Å². The highest BCUT2D eigenvalue weighted by atomic mass is 79.9. The Bertz CT molecular complexity index is 1360. The highest BCUT2D eigenvalue weighted by molar-refractivity contribution is 9.10. The van der Waals surface area contributed by atoms with E-state index in [2.05, 4.69) is 22.0 Å². The van der Waals surface area contributed by atoms with Gasteiger partial charge in [0.15, 0.2) is 0 Å². The molecule has 0 aliphatic rings. The van der Waals surface area contributed by atoms with Crippen molar-refractivity contribution in [2.24, 2.45) is 0 Å². The maximum absolute atomic E-state index is 12.5. The van der Waals surface area contributed by atoms with Gasteiger partial charge in [0, 0.05) is 27.2 Å². The summed E-state index contributed by atoms with van der Waals surface area (Å²) in [5.74, 6) is -0.345. The largest absolute Gasteiger partial charge is 0.496 e. The molecule has 0 unspecified atom stereocenters. The maximum Gasteiger partial charge on any atom is 0.334 e. The number of carbonyl (C=O) groups is 1. The van der Waals surface area contributed by atoms with Gasteiger partial charge >= 0.3 is 7.60 Å². The summed E-state index contributed by atoms with van der Waals surface area (Å²) in [6, 6.07) is 13.9. The van der Waals surface area contributed by atoms with Gasteiger partial charge in [0.1, 0.15) is 11.9 Å². The lowest BCUT2D eigenvalue weighted by Gasteiger charge is -2.06. The van der Waals surface area contributed by atoms with Crippen molar-refractivity contribution in [3.05, 3.63) is 63.8 Å². The van der Waals surface area contributed by atoms with Crippen LogP contribution < -0.4 is 4.74 Å². The minimum Gasteiger partial charge on any atom is -0.496 e. The number of nitriles is 2. The number of allylic oxidation sites excluding steroid dienone is 1. The topological polar surface area (TPSA) is 136 Å². The first-order chi connectivity index (χ1) is 14.7. The lowest BCUT2D eigenvalue weighted by molar-refractivity contribution is 0.0939. The average molecular weight is 500 g/mol. The molecule has 0 saturated carbocycles. The molecule has 1 heterocycles. The van der Waals surface area contributed by atoms with Crippen LogP contribution in [-0.4, -0.2) is 33.5 Å². The van der Waals surface area contributed by atoms with E-state index in [1.807, 2.05) is 6.07 Å². The Hall–Kier alpha value is -3.20.